The fourth-order valence-electron chi connectivity index (χ4n) is 1.49. The molecule has 0 saturated carbocycles. The summed E-state index contributed by atoms with van der Waals surface area (Å²) >= 11 is 0. The molecule has 80 valence electrons. The van der Waals surface area contributed by atoms with E-state index in [2.05, 4.69) is 30.8 Å². The minimum atomic E-state index is 0.348. The second-order valence-electron chi connectivity index (χ2n) is 3.78. The third kappa shape index (κ3) is 3.50. The van der Waals surface area contributed by atoms with Crippen LogP contribution in [0.5, 0.6) is 0 Å². The molecule has 1 aliphatic rings. The van der Waals surface area contributed by atoms with Gasteiger partial charge in [-0.2, -0.15) is 0 Å². The van der Waals surface area contributed by atoms with Gasteiger partial charge in [0.15, 0.2) is 0 Å². The van der Waals surface area contributed by atoms with Crippen molar-refractivity contribution in [2.24, 2.45) is 0 Å². The first kappa shape index (κ1) is 10.4. The molecule has 1 saturated heterocycles. The van der Waals surface area contributed by atoms with Crippen LogP contribution < -0.4 is 0 Å². The van der Waals surface area contributed by atoms with Gasteiger partial charge in [-0.3, -0.25) is 0 Å². The van der Waals surface area contributed by atoms with Gasteiger partial charge in [0.25, 0.3) is 0 Å². The van der Waals surface area contributed by atoms with E-state index in [1.165, 1.54) is 11.1 Å². The van der Waals surface area contributed by atoms with Crippen LogP contribution in [0.15, 0.2) is 36.9 Å². The first-order valence-electron chi connectivity index (χ1n) is 5.26. The Kier molecular flexibility index (Phi) is 3.54. The van der Waals surface area contributed by atoms with E-state index in [1.807, 2.05) is 6.08 Å². The summed E-state index contributed by atoms with van der Waals surface area (Å²) in [6, 6.07) is 8.41. The largest absolute Gasteiger partial charge is 0.374 e. The first-order chi connectivity index (χ1) is 7.38. The molecule has 0 amide bonds. The molecule has 15 heavy (non-hydrogen) atoms. The lowest BCUT2D eigenvalue weighted by Gasteiger charge is -2.04. The van der Waals surface area contributed by atoms with Gasteiger partial charge in [-0.05, 0) is 17.5 Å². The van der Waals surface area contributed by atoms with Crippen LogP contribution in [0.25, 0.3) is 0 Å². The molecule has 1 aromatic carbocycles. The van der Waals surface area contributed by atoms with Crippen LogP contribution in [0.1, 0.15) is 11.1 Å². The Hall–Kier alpha value is -1.12. The second kappa shape index (κ2) is 5.10. The lowest BCUT2D eigenvalue weighted by molar-refractivity contribution is 0.104. The summed E-state index contributed by atoms with van der Waals surface area (Å²) in [5.41, 5.74) is 2.50. The van der Waals surface area contributed by atoms with Crippen molar-refractivity contribution >= 4 is 0 Å². The standard InChI is InChI=1S/C13H16O2/c1-2-4-11-5-3-6-12(7-11)8-14-9-13-10-15-13/h2-3,5-7,13H,1,4,8-10H2. The van der Waals surface area contributed by atoms with E-state index in [0.717, 1.165) is 13.0 Å². The van der Waals surface area contributed by atoms with Crippen LogP contribution in [0.3, 0.4) is 0 Å². The summed E-state index contributed by atoms with van der Waals surface area (Å²) in [5, 5.41) is 0. The smallest absolute Gasteiger partial charge is 0.104 e. The average molecular weight is 204 g/mol. The van der Waals surface area contributed by atoms with E-state index in [0.29, 0.717) is 19.3 Å². The van der Waals surface area contributed by atoms with Gasteiger partial charge >= 0.3 is 0 Å². The number of epoxide rings is 1. The predicted molar refractivity (Wildman–Crippen MR) is 59.7 cm³/mol. The van der Waals surface area contributed by atoms with Gasteiger partial charge in [-0.1, -0.05) is 30.3 Å². The Labute approximate surface area is 90.5 Å². The fourth-order valence-corrected chi connectivity index (χ4v) is 1.49. The molecule has 1 aliphatic heterocycles. The normalized spacial score (nSPS) is 18.8. The Morgan fingerprint density at radius 3 is 3.00 bits per heavy atom. The number of hydrogen-bond donors (Lipinski definition) is 0. The Morgan fingerprint density at radius 2 is 2.27 bits per heavy atom. The van der Waals surface area contributed by atoms with Crippen molar-refractivity contribution in [3.63, 3.8) is 0 Å². The van der Waals surface area contributed by atoms with E-state index in [-0.39, 0.29) is 0 Å². The van der Waals surface area contributed by atoms with E-state index >= 15 is 0 Å². The number of ether oxygens (including phenoxy) is 2. The molecule has 0 radical (unpaired) electrons. The zero-order chi connectivity index (χ0) is 10.5. The monoisotopic (exact) mass is 204 g/mol. The van der Waals surface area contributed by atoms with Crippen LogP contribution in [-0.4, -0.2) is 19.3 Å². The molecule has 0 N–H and O–H groups in total. The molecule has 0 bridgehead atoms. The van der Waals surface area contributed by atoms with Crippen molar-refractivity contribution in [2.75, 3.05) is 13.2 Å². The van der Waals surface area contributed by atoms with E-state index in [1.54, 1.807) is 0 Å². The van der Waals surface area contributed by atoms with Crippen molar-refractivity contribution < 1.29 is 9.47 Å². The Balaban J connectivity index is 1.82. The summed E-state index contributed by atoms with van der Waals surface area (Å²) < 4.78 is 10.6. The lowest BCUT2D eigenvalue weighted by Crippen LogP contribution is -2.01. The third-order valence-electron chi connectivity index (χ3n) is 2.35. The molecule has 2 nitrogen and oxygen atoms in total. The Morgan fingerprint density at radius 1 is 1.47 bits per heavy atom. The SMILES string of the molecule is C=CCc1cccc(COCC2CO2)c1. The van der Waals surface area contributed by atoms with Crippen molar-refractivity contribution in [3.8, 4) is 0 Å². The zero-order valence-electron chi connectivity index (χ0n) is 8.82. The zero-order valence-corrected chi connectivity index (χ0v) is 8.82. The number of hydrogen-bond acceptors (Lipinski definition) is 2. The van der Waals surface area contributed by atoms with Gasteiger partial charge in [0.05, 0.1) is 19.8 Å². The molecule has 1 heterocycles. The maximum atomic E-state index is 5.53. The summed E-state index contributed by atoms with van der Waals surface area (Å²) in [6.45, 7) is 5.97. The van der Waals surface area contributed by atoms with Crippen molar-refractivity contribution in [1.29, 1.82) is 0 Å². The minimum absolute atomic E-state index is 0.348. The maximum Gasteiger partial charge on any atom is 0.104 e. The molecular weight excluding hydrogens is 188 g/mol. The van der Waals surface area contributed by atoms with Gasteiger partial charge in [-0.25, -0.2) is 0 Å². The highest BCUT2D eigenvalue weighted by molar-refractivity contribution is 5.24. The van der Waals surface area contributed by atoms with E-state index in [4.69, 9.17) is 9.47 Å². The number of allylic oxidation sites excluding steroid dienone is 1. The number of rotatable bonds is 6. The molecule has 0 aromatic heterocycles. The predicted octanol–water partition coefficient (Wildman–Crippen LogP) is 2.33. The molecule has 0 spiro atoms. The molecule has 0 aliphatic carbocycles. The second-order valence-corrected chi connectivity index (χ2v) is 3.78. The fraction of sp³-hybridized carbons (Fsp3) is 0.385. The van der Waals surface area contributed by atoms with Gasteiger partial charge < -0.3 is 9.47 Å². The van der Waals surface area contributed by atoms with Crippen LogP contribution in [-0.2, 0) is 22.5 Å². The summed E-state index contributed by atoms with van der Waals surface area (Å²) in [6.07, 6.45) is 3.18. The topological polar surface area (TPSA) is 21.8 Å². The highest BCUT2D eigenvalue weighted by Crippen LogP contribution is 2.11. The highest BCUT2D eigenvalue weighted by atomic mass is 16.6. The van der Waals surface area contributed by atoms with Crippen LogP contribution in [0.4, 0.5) is 0 Å². The molecule has 1 fully saturated rings. The molecular formula is C13H16O2. The molecule has 2 heteroatoms. The van der Waals surface area contributed by atoms with Gasteiger partial charge in [0.2, 0.25) is 0 Å². The average Bonchev–Trinajstić information content (AvgIpc) is 3.03. The van der Waals surface area contributed by atoms with Gasteiger partial charge in [-0.15, -0.1) is 6.58 Å². The van der Waals surface area contributed by atoms with Crippen LogP contribution >= 0.6 is 0 Å². The maximum absolute atomic E-state index is 5.53. The van der Waals surface area contributed by atoms with Crippen LogP contribution in [0, 0.1) is 0 Å². The third-order valence-corrected chi connectivity index (χ3v) is 2.35. The minimum Gasteiger partial charge on any atom is -0.374 e. The molecule has 1 aromatic rings. The van der Waals surface area contributed by atoms with Crippen molar-refractivity contribution in [2.45, 2.75) is 19.1 Å². The number of benzene rings is 1. The lowest BCUT2D eigenvalue weighted by atomic mass is 10.1. The van der Waals surface area contributed by atoms with Gasteiger partial charge in [0.1, 0.15) is 6.10 Å². The Bertz CT molecular complexity index is 329. The molecule has 2 rings (SSSR count). The molecule has 1 atom stereocenters. The van der Waals surface area contributed by atoms with Gasteiger partial charge in [0, 0.05) is 0 Å². The van der Waals surface area contributed by atoms with Crippen molar-refractivity contribution in [3.05, 3.63) is 48.0 Å². The van der Waals surface area contributed by atoms with E-state index < -0.39 is 0 Å². The van der Waals surface area contributed by atoms with Crippen molar-refractivity contribution in [1.82, 2.24) is 0 Å². The van der Waals surface area contributed by atoms with Crippen LogP contribution in [0.2, 0.25) is 0 Å². The van der Waals surface area contributed by atoms with E-state index in [9.17, 15) is 0 Å². The highest BCUT2D eigenvalue weighted by Gasteiger charge is 2.22. The quantitative estimate of drug-likeness (QED) is 0.524. The molecule has 1 unspecified atom stereocenters. The first-order valence-corrected chi connectivity index (χ1v) is 5.26. The summed E-state index contributed by atoms with van der Waals surface area (Å²) in [7, 11) is 0. The summed E-state index contributed by atoms with van der Waals surface area (Å²) in [4.78, 5) is 0. The summed E-state index contributed by atoms with van der Waals surface area (Å²) in [5.74, 6) is 0.